The van der Waals surface area contributed by atoms with Gasteiger partial charge in [0.05, 0.1) is 0 Å². The van der Waals surface area contributed by atoms with Crippen molar-refractivity contribution in [3.8, 4) is 0 Å². The smallest absolute Gasteiger partial charge is 0.134 e. The van der Waals surface area contributed by atoms with Crippen LogP contribution in [0, 0.1) is 0 Å². The van der Waals surface area contributed by atoms with Gasteiger partial charge < -0.3 is 9.80 Å². The molecule has 2 heterocycles. The van der Waals surface area contributed by atoms with E-state index in [0.717, 1.165) is 42.2 Å². The summed E-state index contributed by atoms with van der Waals surface area (Å²) in [7, 11) is 6.14. The molecule has 1 fully saturated rings. The number of hydrogen-bond donors (Lipinski definition) is 0. The van der Waals surface area contributed by atoms with Gasteiger partial charge >= 0.3 is 0 Å². The Labute approximate surface area is 152 Å². The minimum absolute atomic E-state index is 0.488. The molecule has 1 atom stereocenters. The first kappa shape index (κ1) is 17.2. The Morgan fingerprint density at radius 3 is 2.71 bits per heavy atom. The summed E-state index contributed by atoms with van der Waals surface area (Å²) in [6.07, 6.45) is 2.81. The van der Waals surface area contributed by atoms with Gasteiger partial charge in [-0.15, -0.1) is 0 Å². The monoisotopic (exact) mass is 389 g/mol. The number of aromatic nitrogens is 2. The SMILES string of the molecule is CN(C)c1cc(N(C)C2CCN(Cc3cccc(Br)c3)C2)ncn1. The van der Waals surface area contributed by atoms with Crippen molar-refractivity contribution in [1.29, 1.82) is 0 Å². The Hall–Kier alpha value is -1.66. The van der Waals surface area contributed by atoms with Crippen molar-refractivity contribution in [3.63, 3.8) is 0 Å². The molecule has 128 valence electrons. The van der Waals surface area contributed by atoms with Crippen molar-refractivity contribution in [1.82, 2.24) is 14.9 Å². The van der Waals surface area contributed by atoms with Crippen molar-refractivity contribution in [2.24, 2.45) is 0 Å². The van der Waals surface area contributed by atoms with Crippen LogP contribution in [0.25, 0.3) is 0 Å². The minimum atomic E-state index is 0.488. The molecule has 2 aromatic rings. The molecular weight excluding hydrogens is 366 g/mol. The zero-order valence-corrected chi connectivity index (χ0v) is 16.1. The van der Waals surface area contributed by atoms with Crippen molar-refractivity contribution in [3.05, 3.63) is 46.7 Å². The number of halogens is 1. The van der Waals surface area contributed by atoms with Gasteiger partial charge in [0.15, 0.2) is 0 Å². The Balaban J connectivity index is 1.63. The number of likely N-dealkylation sites (N-methyl/N-ethyl adjacent to an activating group) is 1. The third-order valence-electron chi connectivity index (χ3n) is 4.55. The lowest BCUT2D eigenvalue weighted by atomic mass is 10.2. The molecule has 1 saturated heterocycles. The maximum atomic E-state index is 4.45. The molecule has 0 N–H and O–H groups in total. The summed E-state index contributed by atoms with van der Waals surface area (Å²) in [5.41, 5.74) is 1.35. The molecule has 0 spiro atoms. The number of nitrogens with zero attached hydrogens (tertiary/aromatic N) is 5. The van der Waals surface area contributed by atoms with Crippen molar-refractivity contribution in [2.45, 2.75) is 19.0 Å². The molecule has 0 amide bonds. The van der Waals surface area contributed by atoms with Crippen LogP contribution < -0.4 is 9.80 Å². The molecule has 1 aliphatic heterocycles. The zero-order chi connectivity index (χ0) is 17.1. The molecular formula is C18H24BrN5. The molecule has 3 rings (SSSR count). The van der Waals surface area contributed by atoms with Crippen LogP contribution in [-0.2, 0) is 6.54 Å². The van der Waals surface area contributed by atoms with Crippen LogP contribution in [0.2, 0.25) is 0 Å². The fraction of sp³-hybridized carbons (Fsp3) is 0.444. The van der Waals surface area contributed by atoms with Gasteiger partial charge in [0.25, 0.3) is 0 Å². The molecule has 1 aromatic heterocycles. The summed E-state index contributed by atoms with van der Waals surface area (Å²) in [4.78, 5) is 15.6. The van der Waals surface area contributed by atoms with E-state index in [0.29, 0.717) is 6.04 Å². The Morgan fingerprint density at radius 2 is 1.96 bits per heavy atom. The summed E-state index contributed by atoms with van der Waals surface area (Å²) in [5.74, 6) is 1.93. The highest BCUT2D eigenvalue weighted by Gasteiger charge is 2.26. The summed E-state index contributed by atoms with van der Waals surface area (Å²) in [6, 6.07) is 11.1. The van der Waals surface area contributed by atoms with Gasteiger partial charge in [-0.3, -0.25) is 4.90 Å². The van der Waals surface area contributed by atoms with Gasteiger partial charge in [-0.2, -0.15) is 0 Å². The summed E-state index contributed by atoms with van der Waals surface area (Å²) < 4.78 is 1.14. The third kappa shape index (κ3) is 4.05. The van der Waals surface area contributed by atoms with Gasteiger partial charge in [0.2, 0.25) is 0 Å². The van der Waals surface area contributed by atoms with Crippen LogP contribution in [0.4, 0.5) is 11.6 Å². The minimum Gasteiger partial charge on any atom is -0.363 e. The third-order valence-corrected chi connectivity index (χ3v) is 5.04. The lowest BCUT2D eigenvalue weighted by Crippen LogP contribution is -2.35. The van der Waals surface area contributed by atoms with E-state index in [1.165, 1.54) is 5.56 Å². The van der Waals surface area contributed by atoms with Crippen LogP contribution in [-0.4, -0.2) is 55.1 Å². The average Bonchev–Trinajstić information content (AvgIpc) is 3.02. The number of hydrogen-bond acceptors (Lipinski definition) is 5. The Kier molecular flexibility index (Phi) is 5.36. The van der Waals surface area contributed by atoms with Crippen LogP contribution in [0.5, 0.6) is 0 Å². The largest absolute Gasteiger partial charge is 0.363 e. The molecule has 0 aliphatic carbocycles. The van der Waals surface area contributed by atoms with Gasteiger partial charge in [-0.1, -0.05) is 28.1 Å². The number of anilines is 2. The molecule has 6 heteroatoms. The summed E-state index contributed by atoms with van der Waals surface area (Å²) >= 11 is 3.55. The maximum Gasteiger partial charge on any atom is 0.134 e. The van der Waals surface area contributed by atoms with E-state index in [2.05, 4.69) is 73.1 Å². The van der Waals surface area contributed by atoms with E-state index in [1.54, 1.807) is 6.33 Å². The second kappa shape index (κ2) is 7.49. The quantitative estimate of drug-likeness (QED) is 0.785. The second-order valence-corrected chi connectivity index (χ2v) is 7.46. The molecule has 24 heavy (non-hydrogen) atoms. The lowest BCUT2D eigenvalue weighted by molar-refractivity contribution is 0.326. The molecule has 1 unspecified atom stereocenters. The summed E-state index contributed by atoms with van der Waals surface area (Å²) in [6.45, 7) is 3.17. The molecule has 1 aliphatic rings. The standard InChI is InChI=1S/C18H24BrN5/c1-22(2)17-10-18(21-13-20-17)23(3)16-7-8-24(12-16)11-14-5-4-6-15(19)9-14/h4-6,9-10,13,16H,7-8,11-12H2,1-3H3. The molecule has 0 bridgehead atoms. The van der Waals surface area contributed by atoms with E-state index in [-0.39, 0.29) is 0 Å². The lowest BCUT2D eigenvalue weighted by Gasteiger charge is -2.26. The fourth-order valence-electron chi connectivity index (χ4n) is 3.13. The van der Waals surface area contributed by atoms with E-state index in [9.17, 15) is 0 Å². The van der Waals surface area contributed by atoms with E-state index in [4.69, 9.17) is 0 Å². The zero-order valence-electron chi connectivity index (χ0n) is 14.5. The number of rotatable bonds is 5. The van der Waals surface area contributed by atoms with Crippen LogP contribution in [0.15, 0.2) is 41.1 Å². The predicted molar refractivity (Wildman–Crippen MR) is 103 cm³/mol. The fourth-order valence-corrected chi connectivity index (χ4v) is 3.57. The number of likely N-dealkylation sites (tertiary alicyclic amines) is 1. The van der Waals surface area contributed by atoms with Crippen molar-refractivity contribution in [2.75, 3.05) is 44.0 Å². The molecule has 5 nitrogen and oxygen atoms in total. The topological polar surface area (TPSA) is 35.5 Å². The predicted octanol–water partition coefficient (Wildman–Crippen LogP) is 3.02. The van der Waals surface area contributed by atoms with Gasteiger partial charge in [0.1, 0.15) is 18.0 Å². The first-order chi connectivity index (χ1) is 11.5. The van der Waals surface area contributed by atoms with Gasteiger partial charge in [0, 0.05) is 57.4 Å². The highest BCUT2D eigenvalue weighted by molar-refractivity contribution is 9.10. The van der Waals surface area contributed by atoms with E-state index in [1.807, 2.05) is 19.0 Å². The van der Waals surface area contributed by atoms with Crippen molar-refractivity contribution < 1.29 is 0 Å². The van der Waals surface area contributed by atoms with E-state index < -0.39 is 0 Å². The Bertz CT molecular complexity index is 691. The van der Waals surface area contributed by atoms with Gasteiger partial charge in [-0.05, 0) is 24.1 Å². The van der Waals surface area contributed by atoms with Crippen LogP contribution >= 0.6 is 15.9 Å². The summed E-state index contributed by atoms with van der Waals surface area (Å²) in [5, 5.41) is 0. The normalized spacial score (nSPS) is 17.9. The van der Waals surface area contributed by atoms with Crippen LogP contribution in [0.1, 0.15) is 12.0 Å². The average molecular weight is 390 g/mol. The molecule has 0 radical (unpaired) electrons. The first-order valence-corrected chi connectivity index (χ1v) is 9.01. The second-order valence-electron chi connectivity index (χ2n) is 6.55. The van der Waals surface area contributed by atoms with Crippen LogP contribution in [0.3, 0.4) is 0 Å². The van der Waals surface area contributed by atoms with E-state index >= 15 is 0 Å². The maximum absolute atomic E-state index is 4.45. The van der Waals surface area contributed by atoms with Crippen molar-refractivity contribution >= 4 is 27.6 Å². The molecule has 0 saturated carbocycles. The first-order valence-electron chi connectivity index (χ1n) is 8.22. The van der Waals surface area contributed by atoms with Gasteiger partial charge in [-0.25, -0.2) is 9.97 Å². The Morgan fingerprint density at radius 1 is 1.17 bits per heavy atom. The highest BCUT2D eigenvalue weighted by Crippen LogP contribution is 2.23. The number of benzene rings is 1. The molecule has 1 aromatic carbocycles. The highest BCUT2D eigenvalue weighted by atomic mass is 79.9.